The first-order valence-corrected chi connectivity index (χ1v) is 6.75. The van der Waals surface area contributed by atoms with Crippen molar-refractivity contribution in [1.82, 2.24) is 10.6 Å². The third-order valence-electron chi connectivity index (χ3n) is 3.20. The summed E-state index contributed by atoms with van der Waals surface area (Å²) in [6.45, 7) is 6.95. The minimum Gasteiger partial charge on any atom is -0.393 e. The fraction of sp³-hybridized carbons (Fsp3) is 0.533. The molecule has 106 valence electrons. The molecule has 0 bridgehead atoms. The Morgan fingerprint density at radius 1 is 1.26 bits per heavy atom. The third-order valence-corrected chi connectivity index (χ3v) is 3.20. The van der Waals surface area contributed by atoms with Gasteiger partial charge in [0.1, 0.15) is 0 Å². The van der Waals surface area contributed by atoms with Crippen molar-refractivity contribution in [2.45, 2.75) is 39.8 Å². The summed E-state index contributed by atoms with van der Waals surface area (Å²) in [4.78, 5) is 11.6. The molecule has 1 unspecified atom stereocenters. The van der Waals surface area contributed by atoms with E-state index in [2.05, 4.69) is 10.6 Å². The third kappa shape index (κ3) is 5.75. The van der Waals surface area contributed by atoms with Gasteiger partial charge in [-0.2, -0.15) is 0 Å². The van der Waals surface area contributed by atoms with Crippen LogP contribution in [0.15, 0.2) is 24.3 Å². The van der Waals surface area contributed by atoms with E-state index in [1.54, 1.807) is 0 Å². The van der Waals surface area contributed by atoms with Crippen molar-refractivity contribution in [3.63, 3.8) is 0 Å². The van der Waals surface area contributed by atoms with Gasteiger partial charge in [0.15, 0.2) is 0 Å². The van der Waals surface area contributed by atoms with Crippen LogP contribution in [-0.2, 0) is 6.54 Å². The highest BCUT2D eigenvalue weighted by Gasteiger charge is 2.09. The van der Waals surface area contributed by atoms with Gasteiger partial charge in [0.2, 0.25) is 0 Å². The normalized spacial score (nSPS) is 12.3. The smallest absolute Gasteiger partial charge is 0.315 e. The Hall–Kier alpha value is -1.55. The zero-order chi connectivity index (χ0) is 14.3. The maximum atomic E-state index is 11.6. The molecule has 4 nitrogen and oxygen atoms in total. The predicted molar refractivity (Wildman–Crippen MR) is 76.9 cm³/mol. The number of aliphatic hydroxyl groups excluding tert-OH is 1. The van der Waals surface area contributed by atoms with Gasteiger partial charge in [-0.05, 0) is 30.4 Å². The van der Waals surface area contributed by atoms with Gasteiger partial charge in [0, 0.05) is 13.1 Å². The summed E-state index contributed by atoms with van der Waals surface area (Å²) in [5.74, 6) is 0.219. The second kappa shape index (κ2) is 7.79. The second-order valence-corrected chi connectivity index (χ2v) is 5.14. The maximum Gasteiger partial charge on any atom is 0.315 e. The van der Waals surface area contributed by atoms with E-state index in [4.69, 9.17) is 0 Å². The number of hydrogen-bond donors (Lipinski definition) is 3. The highest BCUT2D eigenvalue weighted by Crippen LogP contribution is 2.06. The summed E-state index contributed by atoms with van der Waals surface area (Å²) in [6, 6.07) is 7.76. The number of amides is 2. The zero-order valence-corrected chi connectivity index (χ0v) is 11.9. The van der Waals surface area contributed by atoms with Crippen molar-refractivity contribution in [3.8, 4) is 0 Å². The SMILES string of the molecule is Cc1ccccc1CNC(=O)NCCC(O)C(C)C. The number of hydrogen-bond acceptors (Lipinski definition) is 2. The van der Waals surface area contributed by atoms with Crippen LogP contribution in [0.3, 0.4) is 0 Å². The number of rotatable bonds is 6. The van der Waals surface area contributed by atoms with E-state index in [9.17, 15) is 9.90 Å². The average Bonchev–Trinajstić information content (AvgIpc) is 2.37. The number of benzene rings is 1. The molecule has 4 heteroatoms. The van der Waals surface area contributed by atoms with Gasteiger partial charge in [-0.1, -0.05) is 38.1 Å². The Bertz CT molecular complexity index is 405. The molecule has 0 fully saturated rings. The minimum absolute atomic E-state index is 0.195. The van der Waals surface area contributed by atoms with E-state index < -0.39 is 0 Å². The molecule has 0 heterocycles. The van der Waals surface area contributed by atoms with Crippen molar-refractivity contribution in [2.75, 3.05) is 6.54 Å². The average molecular weight is 264 g/mol. The molecule has 1 aromatic rings. The lowest BCUT2D eigenvalue weighted by molar-refractivity contribution is 0.116. The molecule has 3 N–H and O–H groups in total. The Balaban J connectivity index is 2.24. The quantitative estimate of drug-likeness (QED) is 0.737. The fourth-order valence-corrected chi connectivity index (χ4v) is 1.71. The Morgan fingerprint density at radius 3 is 2.58 bits per heavy atom. The topological polar surface area (TPSA) is 61.4 Å². The number of carbonyl (C=O) groups excluding carboxylic acids is 1. The van der Waals surface area contributed by atoms with Gasteiger partial charge >= 0.3 is 6.03 Å². The number of aryl methyl sites for hydroxylation is 1. The first-order valence-electron chi connectivity index (χ1n) is 6.75. The predicted octanol–water partition coefficient (Wildman–Crippen LogP) is 2.20. The van der Waals surface area contributed by atoms with Crippen molar-refractivity contribution in [1.29, 1.82) is 0 Å². The molecular formula is C15H24N2O2. The van der Waals surface area contributed by atoms with E-state index in [0.29, 0.717) is 19.5 Å². The van der Waals surface area contributed by atoms with Crippen LogP contribution in [0.2, 0.25) is 0 Å². The lowest BCUT2D eigenvalue weighted by Crippen LogP contribution is -2.37. The molecule has 0 aliphatic heterocycles. The summed E-state index contributed by atoms with van der Waals surface area (Å²) in [5, 5.41) is 15.2. The number of nitrogens with one attached hydrogen (secondary N) is 2. The van der Waals surface area contributed by atoms with Crippen LogP contribution in [0.4, 0.5) is 4.79 Å². The first-order chi connectivity index (χ1) is 9.00. The maximum absolute atomic E-state index is 11.6. The highest BCUT2D eigenvalue weighted by molar-refractivity contribution is 5.73. The van der Waals surface area contributed by atoms with Crippen molar-refractivity contribution >= 4 is 6.03 Å². The van der Waals surface area contributed by atoms with Gasteiger partial charge in [-0.15, -0.1) is 0 Å². The Kier molecular flexibility index (Phi) is 6.36. The van der Waals surface area contributed by atoms with Crippen LogP contribution in [0.1, 0.15) is 31.4 Å². The molecule has 0 radical (unpaired) electrons. The first kappa shape index (κ1) is 15.5. The van der Waals surface area contributed by atoms with Crippen molar-refractivity contribution in [2.24, 2.45) is 5.92 Å². The molecule has 0 aromatic heterocycles. The number of carbonyl (C=O) groups is 1. The molecule has 1 rings (SSSR count). The molecule has 1 atom stereocenters. The van der Waals surface area contributed by atoms with Crippen LogP contribution < -0.4 is 10.6 Å². The van der Waals surface area contributed by atoms with Crippen LogP contribution >= 0.6 is 0 Å². The molecule has 0 saturated carbocycles. The lowest BCUT2D eigenvalue weighted by atomic mass is 10.0. The fourth-order valence-electron chi connectivity index (χ4n) is 1.71. The van der Waals surface area contributed by atoms with E-state index >= 15 is 0 Å². The monoisotopic (exact) mass is 264 g/mol. The molecule has 1 aromatic carbocycles. The molecule has 0 aliphatic carbocycles. The Labute approximate surface area is 115 Å². The lowest BCUT2D eigenvalue weighted by Gasteiger charge is -2.15. The van der Waals surface area contributed by atoms with E-state index in [1.807, 2.05) is 45.0 Å². The van der Waals surface area contributed by atoms with Crippen molar-refractivity contribution in [3.05, 3.63) is 35.4 Å². The molecule has 0 spiro atoms. The molecule has 0 aliphatic rings. The van der Waals surface area contributed by atoms with Gasteiger partial charge in [-0.25, -0.2) is 4.79 Å². The van der Waals surface area contributed by atoms with Gasteiger partial charge in [-0.3, -0.25) is 0 Å². The summed E-state index contributed by atoms with van der Waals surface area (Å²) >= 11 is 0. The van der Waals surface area contributed by atoms with Crippen LogP contribution in [-0.4, -0.2) is 23.8 Å². The van der Waals surface area contributed by atoms with Crippen LogP contribution in [0, 0.1) is 12.8 Å². The summed E-state index contributed by atoms with van der Waals surface area (Å²) in [6.07, 6.45) is 0.215. The number of aliphatic hydroxyl groups is 1. The van der Waals surface area contributed by atoms with Crippen molar-refractivity contribution < 1.29 is 9.90 Å². The van der Waals surface area contributed by atoms with Gasteiger partial charge < -0.3 is 15.7 Å². The highest BCUT2D eigenvalue weighted by atomic mass is 16.3. The van der Waals surface area contributed by atoms with E-state index in [-0.39, 0.29) is 18.1 Å². The summed E-state index contributed by atoms with van der Waals surface area (Å²) in [5.41, 5.74) is 2.28. The van der Waals surface area contributed by atoms with E-state index in [0.717, 1.165) is 11.1 Å². The minimum atomic E-state index is -0.364. The summed E-state index contributed by atoms with van der Waals surface area (Å²) < 4.78 is 0. The number of urea groups is 1. The molecule has 0 saturated heterocycles. The van der Waals surface area contributed by atoms with E-state index in [1.165, 1.54) is 0 Å². The zero-order valence-electron chi connectivity index (χ0n) is 11.9. The summed E-state index contributed by atoms with van der Waals surface area (Å²) in [7, 11) is 0. The molecule has 2 amide bonds. The van der Waals surface area contributed by atoms with Crippen LogP contribution in [0.5, 0.6) is 0 Å². The Morgan fingerprint density at radius 2 is 1.95 bits per heavy atom. The standard InChI is InChI=1S/C15H24N2O2/c1-11(2)14(18)8-9-16-15(19)17-10-13-7-5-4-6-12(13)3/h4-7,11,14,18H,8-10H2,1-3H3,(H2,16,17,19). The van der Waals surface area contributed by atoms with Gasteiger partial charge in [0.25, 0.3) is 0 Å². The van der Waals surface area contributed by atoms with Gasteiger partial charge in [0.05, 0.1) is 6.10 Å². The molecular weight excluding hydrogens is 240 g/mol. The largest absolute Gasteiger partial charge is 0.393 e. The molecule has 19 heavy (non-hydrogen) atoms. The van der Waals surface area contributed by atoms with Crippen LogP contribution in [0.25, 0.3) is 0 Å². The second-order valence-electron chi connectivity index (χ2n) is 5.14.